The molecule has 3 heteroatoms. The minimum absolute atomic E-state index is 0.0210. The Labute approximate surface area is 82.1 Å². The summed E-state index contributed by atoms with van der Waals surface area (Å²) in [5, 5.41) is 3.29. The highest BCUT2D eigenvalue weighted by Gasteiger charge is 2.23. The van der Waals surface area contributed by atoms with Gasteiger partial charge in [-0.15, -0.1) is 0 Å². The van der Waals surface area contributed by atoms with Crippen molar-refractivity contribution < 1.29 is 8.78 Å². The van der Waals surface area contributed by atoms with E-state index in [2.05, 4.69) is 5.32 Å². The van der Waals surface area contributed by atoms with Gasteiger partial charge in [-0.25, -0.2) is 8.78 Å². The summed E-state index contributed by atoms with van der Waals surface area (Å²) in [6.07, 6.45) is 2.34. The second-order valence-corrected chi connectivity index (χ2v) is 3.87. The van der Waals surface area contributed by atoms with Crippen molar-refractivity contribution in [2.24, 2.45) is 0 Å². The molecular weight excluding hydrogens is 184 g/mol. The lowest BCUT2D eigenvalue weighted by Gasteiger charge is -2.13. The van der Waals surface area contributed by atoms with Crippen molar-refractivity contribution >= 4 is 0 Å². The molecule has 0 radical (unpaired) electrons. The fourth-order valence-electron chi connectivity index (χ4n) is 1.52. The molecule has 1 fully saturated rings. The first-order chi connectivity index (χ1) is 6.65. The fraction of sp³-hybridized carbons (Fsp3) is 0.455. The topological polar surface area (TPSA) is 12.0 Å². The zero-order chi connectivity index (χ0) is 10.1. The Kier molecular flexibility index (Phi) is 2.50. The van der Waals surface area contributed by atoms with Gasteiger partial charge in [-0.2, -0.15) is 0 Å². The van der Waals surface area contributed by atoms with Crippen molar-refractivity contribution in [3.05, 3.63) is 35.4 Å². The summed E-state index contributed by atoms with van der Waals surface area (Å²) < 4.78 is 25.7. The molecule has 1 N–H and O–H groups in total. The Bertz CT molecular complexity index is 314. The van der Waals surface area contributed by atoms with E-state index in [0.29, 0.717) is 11.6 Å². The Morgan fingerprint density at radius 2 is 1.79 bits per heavy atom. The Morgan fingerprint density at radius 3 is 2.29 bits per heavy atom. The normalized spacial score (nSPS) is 18.2. The molecular formula is C11H13F2N. The van der Waals surface area contributed by atoms with E-state index in [0.717, 1.165) is 6.07 Å². The minimum atomic E-state index is -0.510. The van der Waals surface area contributed by atoms with Gasteiger partial charge in [-0.05, 0) is 37.5 Å². The number of hydrogen-bond acceptors (Lipinski definition) is 1. The molecule has 76 valence electrons. The lowest BCUT2D eigenvalue weighted by molar-refractivity contribution is 0.543. The van der Waals surface area contributed by atoms with E-state index in [4.69, 9.17) is 0 Å². The molecule has 1 aromatic rings. The van der Waals surface area contributed by atoms with Crippen LogP contribution in [-0.4, -0.2) is 6.04 Å². The number of rotatable bonds is 3. The lowest BCUT2D eigenvalue weighted by atomic mass is 10.1. The first-order valence-electron chi connectivity index (χ1n) is 4.87. The summed E-state index contributed by atoms with van der Waals surface area (Å²) in [6.45, 7) is 1.92. The quantitative estimate of drug-likeness (QED) is 0.785. The highest BCUT2D eigenvalue weighted by atomic mass is 19.1. The first-order valence-corrected chi connectivity index (χ1v) is 4.87. The van der Waals surface area contributed by atoms with Gasteiger partial charge >= 0.3 is 0 Å². The molecule has 0 heterocycles. The highest BCUT2D eigenvalue weighted by molar-refractivity contribution is 5.21. The second-order valence-electron chi connectivity index (χ2n) is 3.87. The molecule has 0 aliphatic heterocycles. The van der Waals surface area contributed by atoms with Crippen LogP contribution < -0.4 is 5.32 Å². The summed E-state index contributed by atoms with van der Waals surface area (Å²) in [4.78, 5) is 0. The molecule has 0 saturated heterocycles. The Hall–Kier alpha value is -0.960. The zero-order valence-electron chi connectivity index (χ0n) is 8.06. The van der Waals surface area contributed by atoms with Crippen molar-refractivity contribution in [3.63, 3.8) is 0 Å². The monoisotopic (exact) mass is 197 g/mol. The number of hydrogen-bond donors (Lipinski definition) is 1. The molecule has 14 heavy (non-hydrogen) atoms. The maximum absolute atomic E-state index is 12.9. The van der Waals surface area contributed by atoms with Crippen LogP contribution >= 0.6 is 0 Å². The molecule has 0 spiro atoms. The molecule has 0 unspecified atom stereocenters. The molecule has 0 bridgehead atoms. The zero-order valence-corrected chi connectivity index (χ0v) is 8.06. The summed E-state index contributed by atoms with van der Waals surface area (Å²) in [6, 6.07) is 4.21. The third kappa shape index (κ3) is 2.29. The van der Waals surface area contributed by atoms with E-state index in [1.807, 2.05) is 6.92 Å². The van der Waals surface area contributed by atoms with E-state index < -0.39 is 11.6 Å². The van der Waals surface area contributed by atoms with Crippen LogP contribution in [0.25, 0.3) is 0 Å². The molecule has 0 aromatic heterocycles. The maximum atomic E-state index is 12.9. The van der Waals surface area contributed by atoms with Crippen LogP contribution in [0.1, 0.15) is 31.4 Å². The highest BCUT2D eigenvalue weighted by Crippen LogP contribution is 2.24. The largest absolute Gasteiger partial charge is 0.307 e. The van der Waals surface area contributed by atoms with Crippen LogP contribution in [0.3, 0.4) is 0 Å². The molecule has 1 nitrogen and oxygen atoms in total. The predicted octanol–water partition coefficient (Wildman–Crippen LogP) is 2.78. The smallest absolute Gasteiger partial charge is 0.126 e. The van der Waals surface area contributed by atoms with Gasteiger partial charge < -0.3 is 5.32 Å². The molecule has 1 aliphatic rings. The second kappa shape index (κ2) is 3.65. The van der Waals surface area contributed by atoms with Gasteiger partial charge in [-0.3, -0.25) is 0 Å². The maximum Gasteiger partial charge on any atom is 0.126 e. The van der Waals surface area contributed by atoms with Crippen LogP contribution in [0.5, 0.6) is 0 Å². The fourth-order valence-corrected chi connectivity index (χ4v) is 1.52. The molecule has 1 aliphatic carbocycles. The van der Waals surface area contributed by atoms with Gasteiger partial charge in [0.15, 0.2) is 0 Å². The number of nitrogens with one attached hydrogen (secondary N) is 1. The molecule has 0 amide bonds. The third-order valence-electron chi connectivity index (χ3n) is 2.45. The van der Waals surface area contributed by atoms with Gasteiger partial charge in [0.1, 0.15) is 11.6 Å². The van der Waals surface area contributed by atoms with Crippen molar-refractivity contribution in [1.82, 2.24) is 5.32 Å². The van der Waals surface area contributed by atoms with Gasteiger partial charge in [-0.1, -0.05) is 0 Å². The van der Waals surface area contributed by atoms with Gasteiger partial charge in [0.2, 0.25) is 0 Å². The molecule has 1 atom stereocenters. The number of benzene rings is 1. The van der Waals surface area contributed by atoms with Crippen molar-refractivity contribution in [2.45, 2.75) is 31.8 Å². The Balaban J connectivity index is 2.12. The van der Waals surface area contributed by atoms with E-state index in [1.165, 1.54) is 25.0 Å². The average molecular weight is 197 g/mol. The minimum Gasteiger partial charge on any atom is -0.307 e. The van der Waals surface area contributed by atoms with Crippen LogP contribution in [-0.2, 0) is 0 Å². The van der Waals surface area contributed by atoms with Crippen molar-refractivity contribution in [1.29, 1.82) is 0 Å². The van der Waals surface area contributed by atoms with Gasteiger partial charge in [0.25, 0.3) is 0 Å². The number of halogens is 2. The summed E-state index contributed by atoms with van der Waals surface area (Å²) in [5.74, 6) is -1.02. The summed E-state index contributed by atoms with van der Waals surface area (Å²) in [7, 11) is 0. The predicted molar refractivity (Wildman–Crippen MR) is 50.9 cm³/mol. The molecule has 1 aromatic carbocycles. The van der Waals surface area contributed by atoms with E-state index in [1.54, 1.807) is 0 Å². The lowest BCUT2D eigenvalue weighted by Crippen LogP contribution is -2.20. The van der Waals surface area contributed by atoms with Gasteiger partial charge in [0, 0.05) is 18.2 Å². The van der Waals surface area contributed by atoms with Crippen LogP contribution in [0.4, 0.5) is 8.78 Å². The average Bonchev–Trinajstić information content (AvgIpc) is 2.86. The summed E-state index contributed by atoms with van der Waals surface area (Å²) >= 11 is 0. The van der Waals surface area contributed by atoms with Crippen LogP contribution in [0.15, 0.2) is 18.2 Å². The van der Waals surface area contributed by atoms with Gasteiger partial charge in [0.05, 0.1) is 0 Å². The SMILES string of the molecule is C[C@H](NC1CC1)c1cc(F)cc(F)c1. The van der Waals surface area contributed by atoms with E-state index in [9.17, 15) is 8.78 Å². The molecule has 2 rings (SSSR count). The van der Waals surface area contributed by atoms with Crippen LogP contribution in [0, 0.1) is 11.6 Å². The third-order valence-corrected chi connectivity index (χ3v) is 2.45. The van der Waals surface area contributed by atoms with Crippen molar-refractivity contribution in [3.8, 4) is 0 Å². The molecule has 1 saturated carbocycles. The van der Waals surface area contributed by atoms with Crippen LogP contribution in [0.2, 0.25) is 0 Å². The standard InChI is InChI=1S/C11H13F2N/c1-7(14-11-2-3-11)8-4-9(12)6-10(13)5-8/h4-7,11,14H,2-3H2,1H3/t7-/m0/s1. The Morgan fingerprint density at radius 1 is 1.21 bits per heavy atom. The van der Waals surface area contributed by atoms with Crippen molar-refractivity contribution in [2.75, 3.05) is 0 Å². The van der Waals surface area contributed by atoms with E-state index in [-0.39, 0.29) is 6.04 Å². The summed E-state index contributed by atoms with van der Waals surface area (Å²) in [5.41, 5.74) is 0.675. The first kappa shape index (κ1) is 9.59. The van der Waals surface area contributed by atoms with E-state index >= 15 is 0 Å².